The molecule has 9 heteroatoms. The Balaban J connectivity index is 2.05. The molecule has 2 rings (SSSR count). The van der Waals surface area contributed by atoms with Crippen molar-refractivity contribution in [1.82, 2.24) is 25.1 Å². The number of hydrogen-bond acceptors (Lipinski definition) is 6. The average Bonchev–Trinajstić information content (AvgIpc) is 3.00. The van der Waals surface area contributed by atoms with E-state index in [9.17, 15) is 9.59 Å². The summed E-state index contributed by atoms with van der Waals surface area (Å²) in [5, 5.41) is 20.8. The van der Waals surface area contributed by atoms with Crippen LogP contribution >= 0.6 is 0 Å². The van der Waals surface area contributed by atoms with Crippen molar-refractivity contribution in [3.8, 4) is 11.4 Å². The van der Waals surface area contributed by atoms with Crippen LogP contribution in [-0.2, 0) is 20.9 Å². The van der Waals surface area contributed by atoms with Crippen LogP contribution in [0.15, 0.2) is 24.3 Å². The van der Waals surface area contributed by atoms with E-state index in [-0.39, 0.29) is 19.7 Å². The van der Waals surface area contributed by atoms with Crippen molar-refractivity contribution in [2.75, 3.05) is 26.8 Å². The lowest BCUT2D eigenvalue weighted by Crippen LogP contribution is -2.40. The second-order valence-corrected chi connectivity index (χ2v) is 5.21. The lowest BCUT2D eigenvalue weighted by Gasteiger charge is -2.19. The van der Waals surface area contributed by atoms with Gasteiger partial charge in [-0.2, -0.15) is 4.80 Å². The molecule has 0 aliphatic rings. The third kappa shape index (κ3) is 4.85. The number of aryl methyl sites for hydroxylation is 1. The number of carbonyl (C=O) groups excluding carboxylic acids is 1. The van der Waals surface area contributed by atoms with E-state index in [0.717, 1.165) is 15.9 Å². The van der Waals surface area contributed by atoms with Gasteiger partial charge in [0.05, 0.1) is 6.61 Å². The first-order valence-electron chi connectivity index (χ1n) is 7.33. The Morgan fingerprint density at radius 2 is 2.00 bits per heavy atom. The molecule has 0 bridgehead atoms. The van der Waals surface area contributed by atoms with E-state index < -0.39 is 18.4 Å². The van der Waals surface area contributed by atoms with Gasteiger partial charge in [0, 0.05) is 19.2 Å². The molecule has 0 atom stereocenters. The van der Waals surface area contributed by atoms with E-state index in [1.165, 1.54) is 12.0 Å². The van der Waals surface area contributed by atoms with Crippen molar-refractivity contribution in [3.05, 3.63) is 29.8 Å². The van der Waals surface area contributed by atoms with Gasteiger partial charge in [0.25, 0.3) is 0 Å². The molecule has 0 aliphatic heterocycles. The van der Waals surface area contributed by atoms with Gasteiger partial charge in [-0.05, 0) is 12.1 Å². The molecule has 0 fully saturated rings. The van der Waals surface area contributed by atoms with Crippen molar-refractivity contribution < 1.29 is 19.4 Å². The molecule has 0 saturated carbocycles. The summed E-state index contributed by atoms with van der Waals surface area (Å²) >= 11 is 0. The SMILES string of the molecule is COCCN(CC(=O)O)C(=O)Cn1nnc(-c2ccc(C)cc2)n1. The number of benzene rings is 1. The second kappa shape index (κ2) is 8.16. The van der Waals surface area contributed by atoms with Gasteiger partial charge in [0.15, 0.2) is 0 Å². The molecule has 128 valence electrons. The normalized spacial score (nSPS) is 10.6. The molecule has 9 nitrogen and oxygen atoms in total. The van der Waals surface area contributed by atoms with Crippen LogP contribution < -0.4 is 0 Å². The Kier molecular flexibility index (Phi) is 5.96. The number of amides is 1. The minimum absolute atomic E-state index is 0.182. The number of aliphatic carboxylic acids is 1. The zero-order chi connectivity index (χ0) is 17.5. The molecule has 24 heavy (non-hydrogen) atoms. The second-order valence-electron chi connectivity index (χ2n) is 5.21. The Hall–Kier alpha value is -2.81. The summed E-state index contributed by atoms with van der Waals surface area (Å²) in [7, 11) is 1.48. The maximum atomic E-state index is 12.2. The predicted molar refractivity (Wildman–Crippen MR) is 84.1 cm³/mol. The summed E-state index contributed by atoms with van der Waals surface area (Å²) in [6.45, 7) is 1.82. The fourth-order valence-electron chi connectivity index (χ4n) is 2.01. The smallest absolute Gasteiger partial charge is 0.323 e. The highest BCUT2D eigenvalue weighted by molar-refractivity contribution is 5.81. The quantitative estimate of drug-likeness (QED) is 0.735. The summed E-state index contributed by atoms with van der Waals surface area (Å²) in [6.07, 6.45) is 0. The van der Waals surface area contributed by atoms with Crippen LogP contribution in [0.1, 0.15) is 5.56 Å². The van der Waals surface area contributed by atoms with E-state index in [1.807, 2.05) is 31.2 Å². The van der Waals surface area contributed by atoms with Crippen molar-refractivity contribution in [3.63, 3.8) is 0 Å². The fourth-order valence-corrected chi connectivity index (χ4v) is 2.01. The van der Waals surface area contributed by atoms with E-state index in [0.29, 0.717) is 5.82 Å². The predicted octanol–water partition coefficient (Wildman–Crippen LogP) is 0.208. The van der Waals surface area contributed by atoms with Crippen molar-refractivity contribution in [1.29, 1.82) is 0 Å². The molecule has 1 heterocycles. The molecule has 1 aromatic carbocycles. The first kappa shape index (κ1) is 17.5. The highest BCUT2D eigenvalue weighted by Crippen LogP contribution is 2.13. The summed E-state index contributed by atoms with van der Waals surface area (Å²) in [5.74, 6) is -1.10. The third-order valence-electron chi connectivity index (χ3n) is 3.28. The summed E-state index contributed by atoms with van der Waals surface area (Å²) in [6, 6.07) is 7.60. The maximum absolute atomic E-state index is 12.2. The first-order valence-corrected chi connectivity index (χ1v) is 7.33. The van der Waals surface area contributed by atoms with Gasteiger partial charge in [0.1, 0.15) is 13.1 Å². The van der Waals surface area contributed by atoms with Crippen LogP contribution in [0.2, 0.25) is 0 Å². The van der Waals surface area contributed by atoms with Crippen LogP contribution in [0, 0.1) is 6.92 Å². The van der Waals surface area contributed by atoms with E-state index in [1.54, 1.807) is 0 Å². The molecule has 1 amide bonds. The average molecular weight is 333 g/mol. The first-order chi connectivity index (χ1) is 11.5. The summed E-state index contributed by atoms with van der Waals surface area (Å²) < 4.78 is 4.89. The number of ether oxygens (including phenoxy) is 1. The molecule has 1 N–H and O–H groups in total. The number of nitrogens with zero attached hydrogens (tertiary/aromatic N) is 5. The molecule has 0 aliphatic carbocycles. The molecule has 0 unspecified atom stereocenters. The van der Waals surface area contributed by atoms with Gasteiger partial charge in [-0.1, -0.05) is 29.8 Å². The van der Waals surface area contributed by atoms with Crippen LogP contribution in [0.5, 0.6) is 0 Å². The number of methoxy groups -OCH3 is 1. The molecule has 1 aromatic heterocycles. The molecule has 0 saturated heterocycles. The number of carbonyl (C=O) groups is 2. The topological polar surface area (TPSA) is 110 Å². The summed E-state index contributed by atoms with van der Waals surface area (Å²) in [5.41, 5.74) is 1.91. The van der Waals surface area contributed by atoms with Crippen LogP contribution in [0.3, 0.4) is 0 Å². The summed E-state index contributed by atoms with van der Waals surface area (Å²) in [4.78, 5) is 25.4. The highest BCUT2D eigenvalue weighted by atomic mass is 16.5. The maximum Gasteiger partial charge on any atom is 0.323 e. The van der Waals surface area contributed by atoms with E-state index in [4.69, 9.17) is 9.84 Å². The number of carboxylic acids is 1. The number of carboxylic acid groups (broad SMARTS) is 1. The number of tetrazole rings is 1. The van der Waals surface area contributed by atoms with Crippen LogP contribution in [-0.4, -0.2) is 68.9 Å². The van der Waals surface area contributed by atoms with E-state index >= 15 is 0 Å². The minimum atomic E-state index is -1.09. The molecule has 2 aromatic rings. The fraction of sp³-hybridized carbons (Fsp3) is 0.400. The Bertz CT molecular complexity index is 698. The van der Waals surface area contributed by atoms with Gasteiger partial charge < -0.3 is 14.7 Å². The van der Waals surface area contributed by atoms with Gasteiger partial charge in [-0.15, -0.1) is 10.2 Å². The molecule has 0 radical (unpaired) electrons. The van der Waals surface area contributed by atoms with Crippen molar-refractivity contribution in [2.24, 2.45) is 0 Å². The Morgan fingerprint density at radius 3 is 2.62 bits per heavy atom. The van der Waals surface area contributed by atoms with Crippen LogP contribution in [0.4, 0.5) is 0 Å². The largest absolute Gasteiger partial charge is 0.480 e. The van der Waals surface area contributed by atoms with E-state index in [2.05, 4.69) is 15.4 Å². The van der Waals surface area contributed by atoms with Crippen molar-refractivity contribution in [2.45, 2.75) is 13.5 Å². The monoisotopic (exact) mass is 333 g/mol. The van der Waals surface area contributed by atoms with Gasteiger partial charge >= 0.3 is 5.97 Å². The van der Waals surface area contributed by atoms with Crippen molar-refractivity contribution >= 4 is 11.9 Å². The number of aromatic nitrogens is 4. The number of hydrogen-bond donors (Lipinski definition) is 1. The zero-order valence-electron chi connectivity index (χ0n) is 13.5. The Morgan fingerprint density at radius 1 is 1.29 bits per heavy atom. The van der Waals surface area contributed by atoms with Gasteiger partial charge in [-0.25, -0.2) is 0 Å². The molecule has 0 spiro atoms. The standard InChI is InChI=1S/C15H19N5O4/c1-11-3-5-12(6-4-11)15-16-18-20(17-15)9-13(21)19(7-8-24-2)10-14(22)23/h3-6H,7-10H2,1-2H3,(H,22,23). The zero-order valence-corrected chi connectivity index (χ0v) is 13.5. The van der Waals surface area contributed by atoms with Gasteiger partial charge in [-0.3, -0.25) is 9.59 Å². The third-order valence-corrected chi connectivity index (χ3v) is 3.28. The lowest BCUT2D eigenvalue weighted by atomic mass is 10.1. The Labute approximate surface area is 138 Å². The lowest BCUT2D eigenvalue weighted by molar-refractivity contribution is -0.145. The van der Waals surface area contributed by atoms with Crippen LogP contribution in [0.25, 0.3) is 11.4 Å². The molecular weight excluding hydrogens is 314 g/mol. The van der Waals surface area contributed by atoms with Gasteiger partial charge in [0.2, 0.25) is 11.7 Å². The molecular formula is C15H19N5O4. The number of rotatable bonds is 8. The highest BCUT2D eigenvalue weighted by Gasteiger charge is 2.18. The minimum Gasteiger partial charge on any atom is -0.480 e.